The van der Waals surface area contributed by atoms with E-state index >= 15 is 0 Å². The van der Waals surface area contributed by atoms with Crippen molar-refractivity contribution >= 4 is 11.8 Å². The number of hydrogen-bond donors (Lipinski definition) is 1. The highest BCUT2D eigenvalue weighted by molar-refractivity contribution is 7.99. The Kier molecular flexibility index (Phi) is 5.64. The van der Waals surface area contributed by atoms with E-state index in [0.29, 0.717) is 6.04 Å². The van der Waals surface area contributed by atoms with Crippen molar-refractivity contribution in [1.29, 1.82) is 5.26 Å². The summed E-state index contributed by atoms with van der Waals surface area (Å²) in [7, 11) is 0. The Morgan fingerprint density at radius 3 is 2.81 bits per heavy atom. The molecule has 1 aliphatic carbocycles. The third-order valence-electron chi connectivity index (χ3n) is 3.45. The molecule has 2 atom stereocenters. The maximum Gasteiger partial charge on any atom is 0.0684 e. The normalized spacial score (nSPS) is 26.4. The SMILES string of the molecule is CSC1CCCC(NCCC(C)(C)C#N)C1. The number of thioether (sulfide) groups is 1. The zero-order valence-corrected chi connectivity index (χ0v) is 11.6. The fourth-order valence-corrected chi connectivity index (χ4v) is 3.02. The molecule has 1 fully saturated rings. The summed E-state index contributed by atoms with van der Waals surface area (Å²) in [6.45, 7) is 5.01. The molecule has 16 heavy (non-hydrogen) atoms. The Hall–Kier alpha value is -0.200. The molecule has 0 aromatic carbocycles. The van der Waals surface area contributed by atoms with Crippen LogP contribution in [0.4, 0.5) is 0 Å². The Bertz CT molecular complexity index is 245. The van der Waals surface area contributed by atoms with E-state index in [0.717, 1.165) is 18.2 Å². The van der Waals surface area contributed by atoms with Gasteiger partial charge in [0.15, 0.2) is 0 Å². The molecule has 2 nitrogen and oxygen atoms in total. The largest absolute Gasteiger partial charge is 0.314 e. The highest BCUT2D eigenvalue weighted by Crippen LogP contribution is 2.27. The van der Waals surface area contributed by atoms with Crippen LogP contribution in [0.5, 0.6) is 0 Å². The molecule has 0 aromatic heterocycles. The second-order valence-corrected chi connectivity index (χ2v) is 6.56. The molecule has 92 valence electrons. The molecule has 0 aliphatic heterocycles. The van der Waals surface area contributed by atoms with Crippen molar-refractivity contribution in [3.8, 4) is 6.07 Å². The van der Waals surface area contributed by atoms with Gasteiger partial charge in [-0.2, -0.15) is 17.0 Å². The quantitative estimate of drug-likeness (QED) is 0.801. The third-order valence-corrected chi connectivity index (χ3v) is 4.54. The highest BCUT2D eigenvalue weighted by atomic mass is 32.2. The van der Waals surface area contributed by atoms with Crippen LogP contribution in [0.1, 0.15) is 46.0 Å². The number of nitrogens with one attached hydrogen (secondary N) is 1. The first-order valence-electron chi connectivity index (χ1n) is 6.25. The number of nitrogens with zero attached hydrogens (tertiary/aromatic N) is 1. The first kappa shape index (κ1) is 13.9. The van der Waals surface area contributed by atoms with Crippen molar-refractivity contribution in [2.24, 2.45) is 5.41 Å². The summed E-state index contributed by atoms with van der Waals surface area (Å²) in [5.74, 6) is 0. The van der Waals surface area contributed by atoms with Crippen LogP contribution in [0.25, 0.3) is 0 Å². The lowest BCUT2D eigenvalue weighted by molar-refractivity contribution is 0.352. The van der Waals surface area contributed by atoms with Crippen LogP contribution in [0.15, 0.2) is 0 Å². The fourth-order valence-electron chi connectivity index (χ4n) is 2.19. The standard InChI is InChI=1S/C13H24N2S/c1-13(2,10-14)7-8-15-11-5-4-6-12(9-11)16-3/h11-12,15H,4-9H2,1-3H3. The van der Waals surface area contributed by atoms with E-state index in [-0.39, 0.29) is 5.41 Å². The molecular weight excluding hydrogens is 216 g/mol. The average molecular weight is 240 g/mol. The van der Waals surface area contributed by atoms with Gasteiger partial charge in [0.05, 0.1) is 11.5 Å². The minimum Gasteiger partial charge on any atom is -0.314 e. The maximum absolute atomic E-state index is 8.93. The smallest absolute Gasteiger partial charge is 0.0684 e. The van der Waals surface area contributed by atoms with E-state index in [1.807, 2.05) is 25.6 Å². The first-order chi connectivity index (χ1) is 7.57. The van der Waals surface area contributed by atoms with Gasteiger partial charge in [0, 0.05) is 11.3 Å². The van der Waals surface area contributed by atoms with Crippen LogP contribution in [0, 0.1) is 16.7 Å². The summed E-state index contributed by atoms with van der Waals surface area (Å²) >= 11 is 2.00. The van der Waals surface area contributed by atoms with Crippen molar-refractivity contribution in [1.82, 2.24) is 5.32 Å². The van der Waals surface area contributed by atoms with Crippen molar-refractivity contribution in [2.75, 3.05) is 12.8 Å². The summed E-state index contributed by atoms with van der Waals surface area (Å²) in [6, 6.07) is 3.04. The van der Waals surface area contributed by atoms with Crippen molar-refractivity contribution < 1.29 is 0 Å². The number of nitriles is 1. The van der Waals surface area contributed by atoms with Gasteiger partial charge >= 0.3 is 0 Å². The van der Waals surface area contributed by atoms with Crippen molar-refractivity contribution in [3.05, 3.63) is 0 Å². The average Bonchev–Trinajstić information content (AvgIpc) is 2.29. The van der Waals surface area contributed by atoms with E-state index in [2.05, 4.69) is 17.6 Å². The van der Waals surface area contributed by atoms with Crippen molar-refractivity contribution in [3.63, 3.8) is 0 Å². The van der Waals surface area contributed by atoms with E-state index in [1.165, 1.54) is 25.7 Å². The summed E-state index contributed by atoms with van der Waals surface area (Å²) in [6.07, 6.45) is 8.50. The molecule has 1 aliphatic rings. The Balaban J connectivity index is 2.20. The molecule has 0 heterocycles. The van der Waals surface area contributed by atoms with Gasteiger partial charge < -0.3 is 5.32 Å². The lowest BCUT2D eigenvalue weighted by atomic mass is 9.90. The van der Waals surface area contributed by atoms with Gasteiger partial charge in [-0.3, -0.25) is 0 Å². The molecule has 0 aromatic rings. The van der Waals surface area contributed by atoms with Crippen molar-refractivity contribution in [2.45, 2.75) is 57.2 Å². The van der Waals surface area contributed by atoms with Crippen LogP contribution < -0.4 is 5.32 Å². The lowest BCUT2D eigenvalue weighted by Crippen LogP contribution is -2.36. The molecule has 1 saturated carbocycles. The Labute approximate surface area is 104 Å². The highest BCUT2D eigenvalue weighted by Gasteiger charge is 2.22. The second-order valence-electron chi connectivity index (χ2n) is 5.42. The van der Waals surface area contributed by atoms with Gasteiger partial charge in [-0.25, -0.2) is 0 Å². The van der Waals surface area contributed by atoms with Crippen LogP contribution in [0.3, 0.4) is 0 Å². The zero-order chi connectivity index (χ0) is 12.0. The minimum atomic E-state index is -0.180. The van der Waals surface area contributed by atoms with Gasteiger partial charge in [0.1, 0.15) is 0 Å². The van der Waals surface area contributed by atoms with Crippen LogP contribution in [0.2, 0.25) is 0 Å². The Morgan fingerprint density at radius 2 is 2.19 bits per heavy atom. The molecule has 1 rings (SSSR count). The first-order valence-corrected chi connectivity index (χ1v) is 7.53. The van der Waals surface area contributed by atoms with E-state index in [9.17, 15) is 0 Å². The molecule has 1 N–H and O–H groups in total. The zero-order valence-electron chi connectivity index (χ0n) is 10.8. The summed E-state index contributed by atoms with van der Waals surface area (Å²) in [5.41, 5.74) is -0.180. The molecule has 3 heteroatoms. The van der Waals surface area contributed by atoms with E-state index in [4.69, 9.17) is 5.26 Å². The predicted molar refractivity (Wildman–Crippen MR) is 71.6 cm³/mol. The topological polar surface area (TPSA) is 35.8 Å². The van der Waals surface area contributed by atoms with Gasteiger partial charge in [-0.1, -0.05) is 6.42 Å². The van der Waals surface area contributed by atoms with Gasteiger partial charge in [0.2, 0.25) is 0 Å². The molecule has 0 bridgehead atoms. The van der Waals surface area contributed by atoms with Gasteiger partial charge in [0.25, 0.3) is 0 Å². The summed E-state index contributed by atoms with van der Waals surface area (Å²) in [5, 5.41) is 13.4. The second kappa shape index (κ2) is 6.51. The predicted octanol–water partition coefficient (Wildman–Crippen LogP) is 3.19. The number of rotatable bonds is 5. The molecule has 0 radical (unpaired) electrons. The third kappa shape index (κ3) is 4.76. The fraction of sp³-hybridized carbons (Fsp3) is 0.923. The molecule has 0 amide bonds. The van der Waals surface area contributed by atoms with E-state index < -0.39 is 0 Å². The molecule has 0 saturated heterocycles. The number of hydrogen-bond acceptors (Lipinski definition) is 3. The summed E-state index contributed by atoms with van der Waals surface area (Å²) < 4.78 is 0. The van der Waals surface area contributed by atoms with Gasteiger partial charge in [-0.15, -0.1) is 0 Å². The van der Waals surface area contributed by atoms with Crippen LogP contribution >= 0.6 is 11.8 Å². The van der Waals surface area contributed by atoms with Gasteiger partial charge in [-0.05, 0) is 52.3 Å². The lowest BCUT2D eigenvalue weighted by Gasteiger charge is -2.29. The molecular formula is C13H24N2S. The van der Waals surface area contributed by atoms with Crippen LogP contribution in [-0.2, 0) is 0 Å². The Morgan fingerprint density at radius 1 is 1.44 bits per heavy atom. The summed E-state index contributed by atoms with van der Waals surface area (Å²) in [4.78, 5) is 0. The van der Waals surface area contributed by atoms with Crippen LogP contribution in [-0.4, -0.2) is 24.1 Å². The minimum absolute atomic E-state index is 0.180. The molecule has 0 spiro atoms. The monoisotopic (exact) mass is 240 g/mol. The van der Waals surface area contributed by atoms with E-state index in [1.54, 1.807) is 0 Å². The maximum atomic E-state index is 8.93. The molecule has 2 unspecified atom stereocenters.